The van der Waals surface area contributed by atoms with Gasteiger partial charge >= 0.3 is 0 Å². The van der Waals surface area contributed by atoms with Crippen molar-refractivity contribution in [3.8, 4) is 0 Å². The molecule has 2 rings (SSSR count). The highest BCUT2D eigenvalue weighted by molar-refractivity contribution is 5.94. The second-order valence-electron chi connectivity index (χ2n) is 7.26. The van der Waals surface area contributed by atoms with Crippen LogP contribution in [0.15, 0.2) is 30.3 Å². The number of hydrogen-bond acceptors (Lipinski definition) is 3. The molecule has 0 spiro atoms. The molecule has 1 heterocycles. The van der Waals surface area contributed by atoms with Crippen molar-refractivity contribution in [1.82, 2.24) is 10.2 Å². The molecule has 1 saturated heterocycles. The number of nitrogens with zero attached hydrogens (tertiary/aromatic N) is 1. The fraction of sp³-hybridized carbons (Fsp3) is 0.619. The smallest absolute Gasteiger partial charge is 0.253 e. The average Bonchev–Trinajstić information content (AvgIpc) is 2.66. The van der Waals surface area contributed by atoms with Gasteiger partial charge in [0.2, 0.25) is 5.91 Å². The van der Waals surface area contributed by atoms with Gasteiger partial charge in [-0.15, -0.1) is 0 Å². The van der Waals surface area contributed by atoms with Crippen LogP contribution in [0, 0.1) is 5.92 Å². The third-order valence-corrected chi connectivity index (χ3v) is 4.80. The largest absolute Gasteiger partial charge is 0.379 e. The maximum Gasteiger partial charge on any atom is 0.253 e. The Labute approximate surface area is 157 Å². The first-order chi connectivity index (χ1) is 12.6. The van der Waals surface area contributed by atoms with E-state index in [2.05, 4.69) is 5.32 Å². The molecule has 0 radical (unpaired) electrons. The quantitative estimate of drug-likeness (QED) is 0.688. The minimum atomic E-state index is 0.116. The lowest BCUT2D eigenvalue weighted by molar-refractivity contribution is -0.121. The number of ether oxygens (including phenoxy) is 1. The van der Waals surface area contributed by atoms with Gasteiger partial charge in [-0.2, -0.15) is 0 Å². The second-order valence-corrected chi connectivity index (χ2v) is 7.26. The molecule has 0 aromatic heterocycles. The molecule has 0 aliphatic carbocycles. The maximum atomic E-state index is 12.4. The van der Waals surface area contributed by atoms with E-state index in [1.807, 2.05) is 49.1 Å². The normalized spacial score (nSPS) is 15.3. The lowest BCUT2D eigenvalue weighted by Gasteiger charge is -2.32. The topological polar surface area (TPSA) is 58.6 Å². The fourth-order valence-corrected chi connectivity index (χ4v) is 3.23. The molecule has 1 N–H and O–H groups in total. The standard InChI is InChI=1S/C21H32N2O3/c1-17(2)26-16-6-13-22-20(24)10-9-18-11-14-23(15-12-18)21(25)19-7-4-3-5-8-19/h3-5,7-8,17-18H,6,9-16H2,1-2H3,(H,22,24). The predicted octanol–water partition coefficient (Wildman–Crippen LogP) is 3.25. The Balaban J connectivity index is 1.58. The van der Waals surface area contributed by atoms with Crippen LogP contribution in [0.4, 0.5) is 0 Å². The van der Waals surface area contributed by atoms with Gasteiger partial charge in [0.05, 0.1) is 6.10 Å². The number of carbonyl (C=O) groups excluding carboxylic acids is 2. The summed E-state index contributed by atoms with van der Waals surface area (Å²) in [5.74, 6) is 0.771. The van der Waals surface area contributed by atoms with Crippen molar-refractivity contribution >= 4 is 11.8 Å². The minimum Gasteiger partial charge on any atom is -0.379 e. The number of piperidine rings is 1. The summed E-state index contributed by atoms with van der Waals surface area (Å²) < 4.78 is 5.46. The molecule has 2 amide bonds. The Bertz CT molecular complexity index is 552. The first kappa shape index (κ1) is 20.4. The van der Waals surface area contributed by atoms with Crippen molar-refractivity contribution in [2.75, 3.05) is 26.2 Å². The van der Waals surface area contributed by atoms with Crippen molar-refractivity contribution in [1.29, 1.82) is 0 Å². The molecule has 5 heteroatoms. The van der Waals surface area contributed by atoms with Crippen molar-refractivity contribution < 1.29 is 14.3 Å². The Morgan fingerprint density at radius 2 is 1.88 bits per heavy atom. The van der Waals surface area contributed by atoms with E-state index in [-0.39, 0.29) is 17.9 Å². The van der Waals surface area contributed by atoms with Crippen molar-refractivity contribution in [2.45, 2.75) is 52.1 Å². The summed E-state index contributed by atoms with van der Waals surface area (Å²) in [4.78, 5) is 26.3. The molecule has 26 heavy (non-hydrogen) atoms. The number of nitrogens with one attached hydrogen (secondary N) is 1. The van der Waals surface area contributed by atoms with Crippen LogP contribution in [-0.2, 0) is 9.53 Å². The molecule has 1 aromatic rings. The van der Waals surface area contributed by atoms with Gasteiger partial charge in [0.15, 0.2) is 0 Å². The van der Waals surface area contributed by atoms with Crippen LogP contribution in [0.3, 0.4) is 0 Å². The Kier molecular flexibility index (Phi) is 8.62. The molecule has 0 atom stereocenters. The number of amides is 2. The van der Waals surface area contributed by atoms with Gasteiger partial charge in [0, 0.05) is 38.2 Å². The Morgan fingerprint density at radius 1 is 1.19 bits per heavy atom. The zero-order valence-electron chi connectivity index (χ0n) is 16.1. The number of benzene rings is 1. The zero-order valence-corrected chi connectivity index (χ0v) is 16.1. The molecule has 0 unspecified atom stereocenters. The third kappa shape index (κ3) is 7.16. The van der Waals surface area contributed by atoms with Gasteiger partial charge in [-0.25, -0.2) is 0 Å². The fourth-order valence-electron chi connectivity index (χ4n) is 3.23. The maximum absolute atomic E-state index is 12.4. The van der Waals surface area contributed by atoms with Gasteiger partial charge in [-0.05, 0) is 57.6 Å². The lowest BCUT2D eigenvalue weighted by atomic mass is 9.91. The molecular formula is C21H32N2O3. The van der Waals surface area contributed by atoms with E-state index in [9.17, 15) is 9.59 Å². The van der Waals surface area contributed by atoms with Crippen molar-refractivity contribution in [3.63, 3.8) is 0 Å². The molecule has 1 aliphatic rings. The van der Waals surface area contributed by atoms with Gasteiger partial charge in [-0.1, -0.05) is 18.2 Å². The van der Waals surface area contributed by atoms with Gasteiger partial charge in [0.1, 0.15) is 0 Å². The highest BCUT2D eigenvalue weighted by Gasteiger charge is 2.23. The van der Waals surface area contributed by atoms with Gasteiger partial charge < -0.3 is 15.0 Å². The highest BCUT2D eigenvalue weighted by Crippen LogP contribution is 2.23. The predicted molar refractivity (Wildman–Crippen MR) is 103 cm³/mol. The SMILES string of the molecule is CC(C)OCCCNC(=O)CCC1CCN(C(=O)c2ccccc2)CC1. The molecular weight excluding hydrogens is 328 g/mol. The van der Waals surface area contributed by atoms with Crippen LogP contribution in [0.2, 0.25) is 0 Å². The van der Waals surface area contributed by atoms with Crippen LogP contribution < -0.4 is 5.32 Å². The lowest BCUT2D eigenvalue weighted by Crippen LogP contribution is -2.38. The van der Waals surface area contributed by atoms with E-state index in [1.165, 1.54) is 0 Å². The summed E-state index contributed by atoms with van der Waals surface area (Å²) >= 11 is 0. The van der Waals surface area contributed by atoms with E-state index in [0.29, 0.717) is 25.5 Å². The number of carbonyl (C=O) groups is 2. The molecule has 1 aromatic carbocycles. The zero-order chi connectivity index (χ0) is 18.8. The second kappa shape index (κ2) is 11.0. The number of rotatable bonds is 9. The summed E-state index contributed by atoms with van der Waals surface area (Å²) in [6.07, 6.45) is 4.53. The molecule has 144 valence electrons. The van der Waals surface area contributed by atoms with Gasteiger partial charge in [0.25, 0.3) is 5.91 Å². The summed E-state index contributed by atoms with van der Waals surface area (Å²) in [5, 5.41) is 2.96. The number of hydrogen-bond donors (Lipinski definition) is 1. The van der Waals surface area contributed by atoms with Gasteiger partial charge in [-0.3, -0.25) is 9.59 Å². The van der Waals surface area contributed by atoms with E-state index >= 15 is 0 Å². The van der Waals surface area contributed by atoms with E-state index in [0.717, 1.165) is 44.3 Å². The Hall–Kier alpha value is -1.88. The molecule has 1 aliphatic heterocycles. The van der Waals surface area contributed by atoms with Crippen LogP contribution in [-0.4, -0.2) is 49.1 Å². The summed E-state index contributed by atoms with van der Waals surface area (Å²) in [6.45, 7) is 6.95. The first-order valence-corrected chi connectivity index (χ1v) is 9.79. The van der Waals surface area contributed by atoms with Crippen LogP contribution in [0.1, 0.15) is 56.3 Å². The van der Waals surface area contributed by atoms with Crippen molar-refractivity contribution in [3.05, 3.63) is 35.9 Å². The monoisotopic (exact) mass is 360 g/mol. The highest BCUT2D eigenvalue weighted by atomic mass is 16.5. The van der Waals surface area contributed by atoms with E-state index in [4.69, 9.17) is 4.74 Å². The number of likely N-dealkylation sites (tertiary alicyclic amines) is 1. The summed E-state index contributed by atoms with van der Waals surface area (Å²) in [6, 6.07) is 9.45. The van der Waals surface area contributed by atoms with E-state index < -0.39 is 0 Å². The van der Waals surface area contributed by atoms with Crippen LogP contribution >= 0.6 is 0 Å². The molecule has 0 bridgehead atoms. The average molecular weight is 360 g/mol. The Morgan fingerprint density at radius 3 is 2.54 bits per heavy atom. The van der Waals surface area contributed by atoms with Crippen LogP contribution in [0.5, 0.6) is 0 Å². The van der Waals surface area contributed by atoms with Crippen LogP contribution in [0.25, 0.3) is 0 Å². The third-order valence-electron chi connectivity index (χ3n) is 4.80. The molecule has 1 fully saturated rings. The minimum absolute atomic E-state index is 0.116. The molecule has 5 nitrogen and oxygen atoms in total. The first-order valence-electron chi connectivity index (χ1n) is 9.79. The van der Waals surface area contributed by atoms with E-state index in [1.54, 1.807) is 0 Å². The van der Waals surface area contributed by atoms with Crippen molar-refractivity contribution in [2.24, 2.45) is 5.92 Å². The molecule has 0 saturated carbocycles. The summed E-state index contributed by atoms with van der Waals surface area (Å²) in [5.41, 5.74) is 0.756. The summed E-state index contributed by atoms with van der Waals surface area (Å²) in [7, 11) is 0.